The van der Waals surface area contributed by atoms with Gasteiger partial charge in [0.1, 0.15) is 0 Å². The first-order valence-electron chi connectivity index (χ1n) is 6.54. The van der Waals surface area contributed by atoms with Gasteiger partial charge in [-0.05, 0) is 24.3 Å². The second-order valence-corrected chi connectivity index (χ2v) is 4.36. The number of hydrogen-bond donors (Lipinski definition) is 2. The van der Waals surface area contributed by atoms with Gasteiger partial charge in [0.25, 0.3) is 0 Å². The smallest absolute Gasteiger partial charge is 0.321 e. The Morgan fingerprint density at radius 3 is 2.43 bits per heavy atom. The summed E-state index contributed by atoms with van der Waals surface area (Å²) in [6.07, 6.45) is 0.134. The molecule has 1 aromatic rings. The largest absolute Gasteiger partial charge is 0.469 e. The fraction of sp³-hybridized carbons (Fsp3) is 0.429. The number of methoxy groups -OCH3 is 2. The summed E-state index contributed by atoms with van der Waals surface area (Å²) < 4.78 is 9.54. The maximum absolute atomic E-state index is 12.2. The van der Waals surface area contributed by atoms with Crippen LogP contribution in [-0.4, -0.2) is 50.8 Å². The fourth-order valence-electron chi connectivity index (χ4n) is 1.61. The van der Waals surface area contributed by atoms with E-state index in [-0.39, 0.29) is 25.0 Å². The second-order valence-electron chi connectivity index (χ2n) is 4.36. The number of benzene rings is 1. The number of carbonyl (C=O) groups excluding carboxylic acids is 2. The molecule has 0 radical (unpaired) electrons. The Morgan fingerprint density at radius 1 is 1.19 bits per heavy atom. The zero-order valence-corrected chi connectivity index (χ0v) is 12.3. The zero-order chi connectivity index (χ0) is 15.7. The number of rotatable bonds is 7. The summed E-state index contributed by atoms with van der Waals surface area (Å²) >= 11 is 0. The second kappa shape index (κ2) is 8.80. The van der Waals surface area contributed by atoms with Crippen molar-refractivity contribution >= 4 is 23.4 Å². The Hall–Kier alpha value is -2.28. The maximum atomic E-state index is 12.2. The summed E-state index contributed by atoms with van der Waals surface area (Å²) in [6.45, 7) is 1.03. The third-order valence-electron chi connectivity index (χ3n) is 2.83. The minimum absolute atomic E-state index is 0.134. The molecule has 0 heterocycles. The first kappa shape index (κ1) is 16.8. The average molecular weight is 295 g/mol. The van der Waals surface area contributed by atoms with Crippen LogP contribution in [0, 0.1) is 0 Å². The third-order valence-corrected chi connectivity index (χ3v) is 2.83. The lowest BCUT2D eigenvalue weighted by Crippen LogP contribution is -2.38. The Bertz CT molecular complexity index is 462. The van der Waals surface area contributed by atoms with E-state index in [1.165, 1.54) is 12.0 Å². The van der Waals surface area contributed by atoms with Gasteiger partial charge >= 0.3 is 12.0 Å². The average Bonchev–Trinajstić information content (AvgIpc) is 2.49. The molecule has 7 heteroatoms. The molecule has 3 N–H and O–H groups in total. The molecule has 0 saturated heterocycles. The molecular weight excluding hydrogens is 274 g/mol. The number of anilines is 2. The number of nitrogens with one attached hydrogen (secondary N) is 1. The van der Waals surface area contributed by atoms with E-state index in [1.54, 1.807) is 31.4 Å². The van der Waals surface area contributed by atoms with Crippen molar-refractivity contribution in [3.63, 3.8) is 0 Å². The van der Waals surface area contributed by atoms with E-state index in [0.29, 0.717) is 24.5 Å². The van der Waals surface area contributed by atoms with Crippen LogP contribution >= 0.6 is 0 Å². The number of ether oxygens (including phenoxy) is 2. The summed E-state index contributed by atoms with van der Waals surface area (Å²) in [5.41, 5.74) is 6.84. The fourth-order valence-corrected chi connectivity index (χ4v) is 1.61. The quantitative estimate of drug-likeness (QED) is 0.584. The van der Waals surface area contributed by atoms with Crippen molar-refractivity contribution in [1.29, 1.82) is 0 Å². The highest BCUT2D eigenvalue weighted by molar-refractivity contribution is 5.89. The molecule has 0 aliphatic heterocycles. The molecule has 0 aromatic heterocycles. The predicted octanol–water partition coefficient (Wildman–Crippen LogP) is 1.31. The number of carbonyl (C=O) groups is 2. The first-order chi connectivity index (χ1) is 10.1. The summed E-state index contributed by atoms with van der Waals surface area (Å²) in [4.78, 5) is 24.9. The van der Waals surface area contributed by atoms with Gasteiger partial charge in [-0.1, -0.05) is 0 Å². The van der Waals surface area contributed by atoms with E-state index >= 15 is 0 Å². The number of nitrogens with two attached hydrogens (primary N) is 1. The van der Waals surface area contributed by atoms with Crippen molar-refractivity contribution in [1.82, 2.24) is 4.90 Å². The molecule has 2 amide bonds. The highest BCUT2D eigenvalue weighted by atomic mass is 16.5. The van der Waals surface area contributed by atoms with Crippen molar-refractivity contribution in [2.75, 3.05) is 45.0 Å². The summed E-state index contributed by atoms with van der Waals surface area (Å²) in [7, 11) is 2.87. The molecule has 0 atom stereocenters. The Kier molecular flexibility index (Phi) is 7.03. The Morgan fingerprint density at radius 2 is 1.86 bits per heavy atom. The lowest BCUT2D eigenvalue weighted by molar-refractivity contribution is -0.140. The van der Waals surface area contributed by atoms with Gasteiger partial charge in [0.05, 0.1) is 20.1 Å². The number of hydrogen-bond acceptors (Lipinski definition) is 5. The van der Waals surface area contributed by atoms with Crippen molar-refractivity contribution in [2.45, 2.75) is 6.42 Å². The van der Waals surface area contributed by atoms with Crippen molar-refractivity contribution in [3.05, 3.63) is 24.3 Å². The molecule has 1 rings (SSSR count). The molecule has 1 aromatic carbocycles. The van der Waals surface area contributed by atoms with Crippen LogP contribution in [0.4, 0.5) is 16.2 Å². The zero-order valence-electron chi connectivity index (χ0n) is 12.3. The maximum Gasteiger partial charge on any atom is 0.321 e. The van der Waals surface area contributed by atoms with Gasteiger partial charge in [0.15, 0.2) is 0 Å². The van der Waals surface area contributed by atoms with E-state index in [0.717, 1.165) is 0 Å². The minimum atomic E-state index is -0.363. The Labute approximate surface area is 124 Å². The van der Waals surface area contributed by atoms with Crippen LogP contribution in [0.3, 0.4) is 0 Å². The van der Waals surface area contributed by atoms with Crippen LogP contribution in [-0.2, 0) is 14.3 Å². The lowest BCUT2D eigenvalue weighted by atomic mass is 10.3. The topological polar surface area (TPSA) is 93.9 Å². The molecule has 0 saturated carbocycles. The summed E-state index contributed by atoms with van der Waals surface area (Å²) in [5, 5.41) is 2.74. The van der Waals surface area contributed by atoms with Gasteiger partial charge < -0.3 is 25.4 Å². The number of amides is 2. The van der Waals surface area contributed by atoms with E-state index in [1.807, 2.05) is 0 Å². The van der Waals surface area contributed by atoms with Crippen LogP contribution in [0.2, 0.25) is 0 Å². The monoisotopic (exact) mass is 295 g/mol. The SMILES string of the molecule is COCCN(CCC(=O)OC)C(=O)Nc1ccc(N)cc1. The lowest BCUT2D eigenvalue weighted by Gasteiger charge is -2.22. The molecule has 7 nitrogen and oxygen atoms in total. The highest BCUT2D eigenvalue weighted by Crippen LogP contribution is 2.11. The molecule has 0 aliphatic carbocycles. The van der Waals surface area contributed by atoms with E-state index in [4.69, 9.17) is 10.5 Å². The molecule has 0 unspecified atom stereocenters. The molecular formula is C14H21N3O4. The third kappa shape index (κ3) is 6.13. The number of urea groups is 1. The first-order valence-corrected chi connectivity index (χ1v) is 6.54. The van der Waals surface area contributed by atoms with Crippen molar-refractivity contribution in [2.24, 2.45) is 0 Å². The van der Waals surface area contributed by atoms with Crippen LogP contribution in [0.25, 0.3) is 0 Å². The molecule has 116 valence electrons. The Balaban J connectivity index is 2.60. The number of nitrogens with zero attached hydrogens (tertiary/aromatic N) is 1. The van der Waals surface area contributed by atoms with Gasteiger partial charge in [-0.2, -0.15) is 0 Å². The predicted molar refractivity (Wildman–Crippen MR) is 80.0 cm³/mol. The highest BCUT2D eigenvalue weighted by Gasteiger charge is 2.15. The molecule has 0 aliphatic rings. The van der Waals surface area contributed by atoms with E-state index in [2.05, 4.69) is 10.1 Å². The molecule has 0 spiro atoms. The summed E-state index contributed by atoms with van der Waals surface area (Å²) in [5.74, 6) is -0.363. The van der Waals surface area contributed by atoms with Crippen molar-refractivity contribution < 1.29 is 19.1 Å². The molecule has 0 fully saturated rings. The van der Waals surface area contributed by atoms with Crippen LogP contribution in [0.5, 0.6) is 0 Å². The van der Waals surface area contributed by atoms with Crippen LogP contribution in [0.1, 0.15) is 6.42 Å². The van der Waals surface area contributed by atoms with Gasteiger partial charge in [-0.25, -0.2) is 4.79 Å². The van der Waals surface area contributed by atoms with Crippen molar-refractivity contribution in [3.8, 4) is 0 Å². The van der Waals surface area contributed by atoms with E-state index < -0.39 is 0 Å². The van der Waals surface area contributed by atoms with Gasteiger partial charge in [-0.3, -0.25) is 4.79 Å². The standard InChI is InChI=1S/C14H21N3O4/c1-20-10-9-17(8-7-13(18)21-2)14(19)16-12-5-3-11(15)4-6-12/h3-6H,7-10,15H2,1-2H3,(H,16,19). The van der Waals surface area contributed by atoms with Crippen LogP contribution < -0.4 is 11.1 Å². The molecule has 21 heavy (non-hydrogen) atoms. The minimum Gasteiger partial charge on any atom is -0.469 e. The number of nitrogen functional groups attached to an aromatic ring is 1. The van der Waals surface area contributed by atoms with E-state index in [9.17, 15) is 9.59 Å². The van der Waals surface area contributed by atoms with Gasteiger partial charge in [0.2, 0.25) is 0 Å². The molecule has 0 bridgehead atoms. The van der Waals surface area contributed by atoms with Gasteiger partial charge in [0, 0.05) is 31.6 Å². The van der Waals surface area contributed by atoms with Gasteiger partial charge in [-0.15, -0.1) is 0 Å². The van der Waals surface area contributed by atoms with Crippen LogP contribution in [0.15, 0.2) is 24.3 Å². The summed E-state index contributed by atoms with van der Waals surface area (Å²) in [6, 6.07) is 6.51. The number of esters is 1. The normalized spacial score (nSPS) is 10.0.